The largest absolute Gasteiger partial charge is 0.236 e. The molecule has 0 rings (SSSR count). The Labute approximate surface area is 83.6 Å². The average molecular weight is 190 g/mol. The summed E-state index contributed by atoms with van der Waals surface area (Å²) in [5, 5.41) is 0. The first-order valence-electron chi connectivity index (χ1n) is 4.87. The van der Waals surface area contributed by atoms with E-state index in [0.717, 1.165) is 13.0 Å². The lowest BCUT2D eigenvalue weighted by molar-refractivity contribution is -0.348. The van der Waals surface area contributed by atoms with Crippen LogP contribution in [0.5, 0.6) is 0 Å². The SMILES string of the molecule is C.CCCCCCOOC(C)(C)C. The highest BCUT2D eigenvalue weighted by molar-refractivity contribution is 4.54. The van der Waals surface area contributed by atoms with Crippen molar-refractivity contribution in [1.82, 2.24) is 0 Å². The highest BCUT2D eigenvalue weighted by atomic mass is 17.2. The summed E-state index contributed by atoms with van der Waals surface area (Å²) in [6.07, 6.45) is 4.90. The van der Waals surface area contributed by atoms with Crippen LogP contribution in [0.2, 0.25) is 0 Å². The Hall–Kier alpha value is -0.0800. The van der Waals surface area contributed by atoms with E-state index in [9.17, 15) is 0 Å². The monoisotopic (exact) mass is 190 g/mol. The molecule has 0 unspecified atom stereocenters. The van der Waals surface area contributed by atoms with E-state index in [1.165, 1.54) is 19.3 Å². The third-order valence-corrected chi connectivity index (χ3v) is 1.39. The second kappa shape index (κ2) is 8.52. The van der Waals surface area contributed by atoms with E-state index in [0.29, 0.717) is 0 Å². The molecule has 0 heterocycles. The fraction of sp³-hybridized carbons (Fsp3) is 1.00. The smallest absolute Gasteiger partial charge is 0.0952 e. The summed E-state index contributed by atoms with van der Waals surface area (Å²) in [7, 11) is 0. The van der Waals surface area contributed by atoms with Crippen LogP contribution in [0.15, 0.2) is 0 Å². The van der Waals surface area contributed by atoms with Crippen LogP contribution in [0, 0.1) is 0 Å². The van der Waals surface area contributed by atoms with Crippen molar-refractivity contribution in [1.29, 1.82) is 0 Å². The lowest BCUT2D eigenvalue weighted by atomic mass is 10.2. The van der Waals surface area contributed by atoms with Crippen molar-refractivity contribution in [2.75, 3.05) is 6.61 Å². The summed E-state index contributed by atoms with van der Waals surface area (Å²) in [4.78, 5) is 10.2. The minimum absolute atomic E-state index is 0. The molecule has 0 fully saturated rings. The minimum Gasteiger partial charge on any atom is -0.236 e. The number of hydrogen-bond donors (Lipinski definition) is 0. The predicted octanol–water partition coefficient (Wildman–Crippen LogP) is 3.95. The quantitative estimate of drug-likeness (QED) is 0.359. The van der Waals surface area contributed by atoms with Gasteiger partial charge in [-0.15, -0.1) is 0 Å². The summed E-state index contributed by atoms with van der Waals surface area (Å²) in [5.74, 6) is 0. The van der Waals surface area contributed by atoms with E-state index in [1.54, 1.807) is 0 Å². The molecule has 2 nitrogen and oxygen atoms in total. The van der Waals surface area contributed by atoms with Gasteiger partial charge in [-0.05, 0) is 27.2 Å². The molecule has 0 aromatic rings. The van der Waals surface area contributed by atoms with Crippen molar-refractivity contribution in [3.05, 3.63) is 0 Å². The first kappa shape index (κ1) is 15.4. The van der Waals surface area contributed by atoms with Gasteiger partial charge in [0.25, 0.3) is 0 Å². The topological polar surface area (TPSA) is 18.5 Å². The van der Waals surface area contributed by atoms with Gasteiger partial charge in [0.05, 0.1) is 12.2 Å². The Balaban J connectivity index is 0. The summed E-state index contributed by atoms with van der Waals surface area (Å²) in [5.41, 5.74) is -0.176. The van der Waals surface area contributed by atoms with Crippen LogP contribution in [0.3, 0.4) is 0 Å². The van der Waals surface area contributed by atoms with E-state index >= 15 is 0 Å². The molecule has 0 amide bonds. The maximum Gasteiger partial charge on any atom is 0.0952 e. The molecule has 0 aromatic carbocycles. The molecule has 2 heteroatoms. The second-order valence-electron chi connectivity index (χ2n) is 4.08. The molecule has 0 aliphatic carbocycles. The molecular weight excluding hydrogens is 164 g/mol. The Kier molecular flexibility index (Phi) is 10.1. The first-order valence-corrected chi connectivity index (χ1v) is 4.87. The molecule has 0 saturated carbocycles. The number of rotatable bonds is 6. The summed E-state index contributed by atoms with van der Waals surface area (Å²) >= 11 is 0. The van der Waals surface area contributed by atoms with Crippen molar-refractivity contribution in [3.8, 4) is 0 Å². The van der Waals surface area contributed by atoms with Gasteiger partial charge < -0.3 is 0 Å². The van der Waals surface area contributed by atoms with Gasteiger partial charge in [-0.3, -0.25) is 0 Å². The Morgan fingerprint density at radius 3 is 2.08 bits per heavy atom. The van der Waals surface area contributed by atoms with Crippen LogP contribution in [-0.2, 0) is 9.78 Å². The highest BCUT2D eigenvalue weighted by Crippen LogP contribution is 2.07. The number of unbranched alkanes of at least 4 members (excludes halogenated alkanes) is 3. The third kappa shape index (κ3) is 14.7. The van der Waals surface area contributed by atoms with Crippen LogP contribution in [-0.4, -0.2) is 12.2 Å². The van der Waals surface area contributed by atoms with Gasteiger partial charge in [0.2, 0.25) is 0 Å². The lowest BCUT2D eigenvalue weighted by Crippen LogP contribution is -2.19. The highest BCUT2D eigenvalue weighted by Gasteiger charge is 2.10. The van der Waals surface area contributed by atoms with Gasteiger partial charge in [-0.25, -0.2) is 9.78 Å². The van der Waals surface area contributed by atoms with Crippen molar-refractivity contribution in [2.24, 2.45) is 0 Å². The number of hydrogen-bond acceptors (Lipinski definition) is 2. The van der Waals surface area contributed by atoms with Crippen molar-refractivity contribution < 1.29 is 9.78 Å². The van der Waals surface area contributed by atoms with Crippen molar-refractivity contribution in [3.63, 3.8) is 0 Å². The molecule has 82 valence electrons. The molecule has 13 heavy (non-hydrogen) atoms. The lowest BCUT2D eigenvalue weighted by Gasteiger charge is -2.17. The molecule has 0 radical (unpaired) electrons. The Morgan fingerprint density at radius 1 is 1.00 bits per heavy atom. The molecule has 0 aliphatic rings. The molecule has 0 N–H and O–H groups in total. The van der Waals surface area contributed by atoms with Crippen molar-refractivity contribution >= 4 is 0 Å². The van der Waals surface area contributed by atoms with E-state index in [4.69, 9.17) is 9.78 Å². The molecule has 0 aromatic heterocycles. The summed E-state index contributed by atoms with van der Waals surface area (Å²) in [6.45, 7) is 8.88. The molecular formula is C11H26O2. The van der Waals surface area contributed by atoms with Crippen molar-refractivity contribution in [2.45, 2.75) is 66.4 Å². The van der Waals surface area contributed by atoms with Crippen LogP contribution < -0.4 is 0 Å². The van der Waals surface area contributed by atoms with E-state index in [-0.39, 0.29) is 13.0 Å². The van der Waals surface area contributed by atoms with Gasteiger partial charge in [-0.1, -0.05) is 33.6 Å². The van der Waals surface area contributed by atoms with Crippen LogP contribution in [0.25, 0.3) is 0 Å². The van der Waals surface area contributed by atoms with Crippen LogP contribution >= 0.6 is 0 Å². The van der Waals surface area contributed by atoms with Gasteiger partial charge in [-0.2, -0.15) is 0 Å². The molecule has 0 spiro atoms. The first-order chi connectivity index (χ1) is 5.56. The molecule has 0 atom stereocenters. The third-order valence-electron chi connectivity index (χ3n) is 1.39. The van der Waals surface area contributed by atoms with Crippen LogP contribution in [0.4, 0.5) is 0 Å². The van der Waals surface area contributed by atoms with Crippen LogP contribution in [0.1, 0.15) is 60.8 Å². The zero-order valence-electron chi connectivity index (χ0n) is 8.85. The zero-order valence-corrected chi connectivity index (χ0v) is 8.85. The molecule has 0 bridgehead atoms. The zero-order chi connectivity index (χ0) is 9.45. The van der Waals surface area contributed by atoms with Gasteiger partial charge >= 0.3 is 0 Å². The maximum absolute atomic E-state index is 5.11. The van der Waals surface area contributed by atoms with E-state index in [1.807, 2.05) is 20.8 Å². The minimum atomic E-state index is -0.176. The van der Waals surface area contributed by atoms with Gasteiger partial charge in [0, 0.05) is 0 Å². The maximum atomic E-state index is 5.11. The summed E-state index contributed by atoms with van der Waals surface area (Å²) in [6, 6.07) is 0. The Morgan fingerprint density at radius 2 is 1.62 bits per heavy atom. The fourth-order valence-corrected chi connectivity index (χ4v) is 0.806. The van der Waals surface area contributed by atoms with E-state index < -0.39 is 0 Å². The van der Waals surface area contributed by atoms with Gasteiger partial charge in [0.15, 0.2) is 0 Å². The van der Waals surface area contributed by atoms with Gasteiger partial charge in [0.1, 0.15) is 0 Å². The van der Waals surface area contributed by atoms with E-state index in [2.05, 4.69) is 6.92 Å². The molecule has 0 aliphatic heterocycles. The fourth-order valence-electron chi connectivity index (χ4n) is 0.806. The second-order valence-corrected chi connectivity index (χ2v) is 4.08. The standard InChI is InChI=1S/C10H22O2.CH4/c1-5-6-7-8-9-11-12-10(2,3)4;/h5-9H2,1-4H3;1H4. The average Bonchev–Trinajstić information content (AvgIpc) is 1.94. The summed E-state index contributed by atoms with van der Waals surface area (Å²) < 4.78 is 0. The predicted molar refractivity (Wildman–Crippen MR) is 57.7 cm³/mol. The normalized spacial score (nSPS) is 11.1. The Bertz CT molecular complexity index is 94.8. The molecule has 0 saturated heterocycles.